The van der Waals surface area contributed by atoms with E-state index in [-0.39, 0.29) is 10.8 Å². The third kappa shape index (κ3) is 3.17. The third-order valence-corrected chi connectivity index (χ3v) is 6.71. The standard InChI is InChI=1S/C18H18ClN3O2S/c19-14-6-3-7-15(11-14)25(23,24)22-10-4-5-13(12-22)18-20-16-8-1-2-9-17(16)21-18/h1-3,6-9,11,13H,4-5,10,12H2,(H,20,21). The Morgan fingerprint density at radius 3 is 2.80 bits per heavy atom. The Bertz CT molecular complexity index is 983. The van der Waals surface area contributed by atoms with Gasteiger partial charge in [-0.15, -0.1) is 0 Å². The Balaban J connectivity index is 1.62. The fourth-order valence-corrected chi connectivity index (χ4v) is 5.15. The molecule has 4 rings (SSSR count). The average Bonchev–Trinajstić information content (AvgIpc) is 3.06. The van der Waals surface area contributed by atoms with E-state index >= 15 is 0 Å². The SMILES string of the molecule is O=S(=O)(c1cccc(Cl)c1)N1CCCC(c2nc3ccccc3[nH]2)C1. The second-order valence-corrected chi connectivity index (χ2v) is 8.67. The molecule has 0 saturated carbocycles. The van der Waals surface area contributed by atoms with E-state index in [0.717, 1.165) is 29.7 Å². The molecule has 1 aromatic heterocycles. The number of halogens is 1. The summed E-state index contributed by atoms with van der Waals surface area (Å²) in [7, 11) is -3.55. The highest BCUT2D eigenvalue weighted by Gasteiger charge is 2.32. The molecule has 5 nitrogen and oxygen atoms in total. The van der Waals surface area contributed by atoms with Crippen molar-refractivity contribution in [3.63, 3.8) is 0 Å². The number of hydrogen-bond acceptors (Lipinski definition) is 3. The van der Waals surface area contributed by atoms with E-state index in [9.17, 15) is 8.42 Å². The molecular formula is C18H18ClN3O2S. The minimum atomic E-state index is -3.55. The summed E-state index contributed by atoms with van der Waals surface area (Å²) >= 11 is 5.96. The molecule has 0 amide bonds. The molecular weight excluding hydrogens is 358 g/mol. The molecule has 7 heteroatoms. The van der Waals surface area contributed by atoms with Crippen LogP contribution in [-0.4, -0.2) is 35.8 Å². The summed E-state index contributed by atoms with van der Waals surface area (Å²) in [4.78, 5) is 8.22. The molecule has 0 spiro atoms. The molecule has 1 saturated heterocycles. The zero-order chi connectivity index (χ0) is 17.4. The Morgan fingerprint density at radius 1 is 1.16 bits per heavy atom. The highest BCUT2D eigenvalue weighted by atomic mass is 35.5. The monoisotopic (exact) mass is 375 g/mol. The van der Waals surface area contributed by atoms with Gasteiger partial charge in [-0.05, 0) is 43.2 Å². The molecule has 130 valence electrons. The summed E-state index contributed by atoms with van der Waals surface area (Å²) in [5.41, 5.74) is 1.89. The molecule has 25 heavy (non-hydrogen) atoms. The number of aromatic amines is 1. The van der Waals surface area contributed by atoms with Crippen molar-refractivity contribution in [3.05, 3.63) is 59.4 Å². The summed E-state index contributed by atoms with van der Waals surface area (Å²) in [5.74, 6) is 0.919. The van der Waals surface area contributed by atoms with Crippen LogP contribution >= 0.6 is 11.6 Å². The summed E-state index contributed by atoms with van der Waals surface area (Å²) < 4.78 is 27.4. The van der Waals surface area contributed by atoms with E-state index < -0.39 is 10.0 Å². The lowest BCUT2D eigenvalue weighted by molar-refractivity contribution is 0.310. The maximum atomic E-state index is 12.9. The summed E-state index contributed by atoms with van der Waals surface area (Å²) in [5, 5.41) is 0.423. The van der Waals surface area contributed by atoms with E-state index in [4.69, 9.17) is 11.6 Å². The van der Waals surface area contributed by atoms with Crippen LogP contribution in [0.15, 0.2) is 53.4 Å². The zero-order valence-corrected chi connectivity index (χ0v) is 15.1. The maximum absolute atomic E-state index is 12.9. The van der Waals surface area contributed by atoms with Gasteiger partial charge in [-0.25, -0.2) is 13.4 Å². The van der Waals surface area contributed by atoms with Gasteiger partial charge in [0.15, 0.2) is 0 Å². The van der Waals surface area contributed by atoms with Gasteiger partial charge in [0.25, 0.3) is 0 Å². The molecule has 1 fully saturated rings. The first kappa shape index (κ1) is 16.6. The topological polar surface area (TPSA) is 66.1 Å². The fourth-order valence-electron chi connectivity index (χ4n) is 3.33. The number of para-hydroxylation sites is 2. The number of sulfonamides is 1. The Labute approximate surface area is 151 Å². The molecule has 1 aliphatic heterocycles. The summed E-state index contributed by atoms with van der Waals surface area (Å²) in [6.45, 7) is 0.945. The van der Waals surface area contributed by atoms with Crippen LogP contribution < -0.4 is 0 Å². The van der Waals surface area contributed by atoms with Crippen molar-refractivity contribution < 1.29 is 8.42 Å². The number of fused-ring (bicyclic) bond motifs is 1. The van der Waals surface area contributed by atoms with Gasteiger partial charge in [-0.3, -0.25) is 0 Å². The van der Waals surface area contributed by atoms with Crippen molar-refractivity contribution in [2.45, 2.75) is 23.7 Å². The molecule has 0 radical (unpaired) electrons. The number of nitrogens with one attached hydrogen (secondary N) is 1. The largest absolute Gasteiger partial charge is 0.342 e. The summed E-state index contributed by atoms with van der Waals surface area (Å²) in [6.07, 6.45) is 1.73. The Morgan fingerprint density at radius 2 is 2.00 bits per heavy atom. The molecule has 1 N–H and O–H groups in total. The molecule has 0 aliphatic carbocycles. The molecule has 3 aromatic rings. The van der Waals surface area contributed by atoms with E-state index in [1.54, 1.807) is 22.5 Å². The van der Waals surface area contributed by atoms with Gasteiger partial charge in [-0.1, -0.05) is 29.8 Å². The average molecular weight is 376 g/mol. The second-order valence-electron chi connectivity index (χ2n) is 6.30. The van der Waals surface area contributed by atoms with Crippen LogP contribution in [0, 0.1) is 0 Å². The molecule has 1 atom stereocenters. The van der Waals surface area contributed by atoms with E-state index in [2.05, 4.69) is 9.97 Å². The molecule has 2 aromatic carbocycles. The van der Waals surface area contributed by atoms with Crippen molar-refractivity contribution in [2.75, 3.05) is 13.1 Å². The number of rotatable bonds is 3. The van der Waals surface area contributed by atoms with Gasteiger partial charge in [0.2, 0.25) is 10.0 Å². The maximum Gasteiger partial charge on any atom is 0.243 e. The number of hydrogen-bond donors (Lipinski definition) is 1. The first-order valence-electron chi connectivity index (χ1n) is 8.24. The van der Waals surface area contributed by atoms with E-state index in [0.29, 0.717) is 18.1 Å². The van der Waals surface area contributed by atoms with Gasteiger partial charge < -0.3 is 4.98 Å². The summed E-state index contributed by atoms with van der Waals surface area (Å²) in [6, 6.07) is 14.3. The molecule has 2 heterocycles. The highest BCUT2D eigenvalue weighted by molar-refractivity contribution is 7.89. The van der Waals surface area contributed by atoms with Gasteiger partial charge in [0, 0.05) is 24.0 Å². The lowest BCUT2D eigenvalue weighted by Gasteiger charge is -2.31. The number of benzene rings is 2. The predicted molar refractivity (Wildman–Crippen MR) is 98.3 cm³/mol. The molecule has 0 bridgehead atoms. The van der Waals surface area contributed by atoms with Crippen LogP contribution in [0.1, 0.15) is 24.6 Å². The van der Waals surface area contributed by atoms with Crippen LogP contribution in [0.3, 0.4) is 0 Å². The van der Waals surface area contributed by atoms with Crippen molar-refractivity contribution >= 4 is 32.7 Å². The minimum absolute atomic E-state index is 0.0649. The van der Waals surface area contributed by atoms with Crippen molar-refractivity contribution in [1.82, 2.24) is 14.3 Å². The first-order chi connectivity index (χ1) is 12.0. The van der Waals surface area contributed by atoms with Crippen molar-refractivity contribution in [2.24, 2.45) is 0 Å². The van der Waals surface area contributed by atoms with Crippen LogP contribution in [-0.2, 0) is 10.0 Å². The lowest BCUT2D eigenvalue weighted by Crippen LogP contribution is -2.39. The number of nitrogens with zero attached hydrogens (tertiary/aromatic N) is 2. The molecule has 1 aliphatic rings. The van der Waals surface area contributed by atoms with Crippen molar-refractivity contribution in [1.29, 1.82) is 0 Å². The van der Waals surface area contributed by atoms with Crippen LogP contribution in [0.2, 0.25) is 5.02 Å². The van der Waals surface area contributed by atoms with E-state index in [1.165, 1.54) is 6.07 Å². The smallest absolute Gasteiger partial charge is 0.243 e. The Kier molecular flexibility index (Phi) is 4.27. The van der Waals surface area contributed by atoms with Gasteiger partial charge in [0.05, 0.1) is 15.9 Å². The lowest BCUT2D eigenvalue weighted by atomic mass is 9.99. The van der Waals surface area contributed by atoms with Crippen molar-refractivity contribution in [3.8, 4) is 0 Å². The zero-order valence-electron chi connectivity index (χ0n) is 13.5. The number of imidazole rings is 1. The second kappa shape index (κ2) is 6.44. The molecule has 1 unspecified atom stereocenters. The number of aromatic nitrogens is 2. The van der Waals surface area contributed by atoms with Crippen LogP contribution in [0.4, 0.5) is 0 Å². The fraction of sp³-hybridized carbons (Fsp3) is 0.278. The third-order valence-electron chi connectivity index (χ3n) is 4.61. The number of piperidine rings is 1. The quantitative estimate of drug-likeness (QED) is 0.757. The van der Waals surface area contributed by atoms with Gasteiger partial charge in [0.1, 0.15) is 5.82 Å². The highest BCUT2D eigenvalue weighted by Crippen LogP contribution is 2.30. The number of H-pyrrole nitrogens is 1. The van der Waals surface area contributed by atoms with Crippen LogP contribution in [0.25, 0.3) is 11.0 Å². The predicted octanol–water partition coefficient (Wildman–Crippen LogP) is 3.78. The first-order valence-corrected chi connectivity index (χ1v) is 10.1. The van der Waals surface area contributed by atoms with Gasteiger partial charge >= 0.3 is 0 Å². The van der Waals surface area contributed by atoms with Gasteiger partial charge in [-0.2, -0.15) is 4.31 Å². The Hall–Kier alpha value is -1.89. The van der Waals surface area contributed by atoms with E-state index in [1.807, 2.05) is 24.3 Å². The minimum Gasteiger partial charge on any atom is -0.342 e. The normalized spacial score (nSPS) is 19.3. The van der Waals surface area contributed by atoms with Crippen LogP contribution in [0.5, 0.6) is 0 Å².